The number of H-pyrrole nitrogens is 1. The molecule has 1 N–H and O–H groups in total. The maximum Gasteiger partial charge on any atom is 0.272 e. The van der Waals surface area contributed by atoms with Crippen molar-refractivity contribution in [1.29, 1.82) is 0 Å². The van der Waals surface area contributed by atoms with Crippen LogP contribution < -0.4 is 15.3 Å². The Labute approximate surface area is 260 Å². The Balaban J connectivity index is 1.26. The maximum absolute atomic E-state index is 13.3. The Bertz CT molecular complexity index is 2090. The molecule has 3 heterocycles. The van der Waals surface area contributed by atoms with Gasteiger partial charge >= 0.3 is 0 Å². The van der Waals surface area contributed by atoms with Gasteiger partial charge in [-0.1, -0.05) is 61.6 Å². The molecule has 7 rings (SSSR count). The molecule has 0 bridgehead atoms. The number of fused-ring (bicyclic) bond motifs is 4. The summed E-state index contributed by atoms with van der Waals surface area (Å²) in [6.07, 6.45) is 7.16. The van der Waals surface area contributed by atoms with E-state index in [9.17, 15) is 17.8 Å². The van der Waals surface area contributed by atoms with Crippen molar-refractivity contribution in [3.05, 3.63) is 112 Å². The summed E-state index contributed by atoms with van der Waals surface area (Å²) in [5.41, 5.74) is 7.53. The highest BCUT2D eigenvalue weighted by molar-refractivity contribution is 7.85. The van der Waals surface area contributed by atoms with E-state index in [4.69, 9.17) is 4.42 Å². The summed E-state index contributed by atoms with van der Waals surface area (Å²) in [6, 6.07) is 21.8. The molecule has 0 radical (unpaired) electrons. The molecule has 224 valence electrons. The standard InChI is InChI=1S/C35H32N2O5S2/c1-35(2)26-11-3-5-13-28(26)37(17-8-18-44(39,40)41)32(35)16-15-22-9-7-10-23-19-24-20-25(29(38)21-30(24)42-33(22)23)34-36-27-12-4-6-14-31(27)43-34/h3-6,11-16,19-21H,7-10,17-18H2,1-2H3,(H,39,40,41)/b22-15+,32-16+. The van der Waals surface area contributed by atoms with Crippen LogP contribution in [0.3, 0.4) is 0 Å². The van der Waals surface area contributed by atoms with E-state index in [0.29, 0.717) is 17.9 Å². The summed E-state index contributed by atoms with van der Waals surface area (Å²) in [5.74, 6) is 0.969. The van der Waals surface area contributed by atoms with Gasteiger partial charge in [-0.05, 0) is 72.7 Å². The highest BCUT2D eigenvalue weighted by atomic mass is 32.2. The number of thiazole rings is 1. The normalized spacial score (nSPS) is 17.9. The number of allylic oxidation sites excluding steroid dienone is 4. The SMILES string of the molecule is CC1(C)/C(=C\C=C2/CCCc3cc4cc(-c5[nH+]c6ccccc6s5)c(=O)cc-4oc32)N(CCCS(=O)(=O)[O-])c2ccccc21. The minimum Gasteiger partial charge on any atom is -0.748 e. The molecule has 44 heavy (non-hydrogen) atoms. The number of aryl methyl sites for hydroxylation is 1. The average molecular weight is 625 g/mol. The van der Waals surface area contributed by atoms with Crippen molar-refractivity contribution in [1.82, 2.24) is 0 Å². The lowest BCUT2D eigenvalue weighted by molar-refractivity contribution is -0.325. The van der Waals surface area contributed by atoms with Crippen LogP contribution >= 0.6 is 11.3 Å². The number of aromatic nitrogens is 1. The number of hydrogen-bond acceptors (Lipinski definition) is 7. The summed E-state index contributed by atoms with van der Waals surface area (Å²) in [6.45, 7) is 4.75. The minimum absolute atomic E-state index is 0.0892. The number of benzene rings is 3. The second kappa shape index (κ2) is 10.8. The first-order valence-corrected chi connectivity index (χ1v) is 17.2. The van der Waals surface area contributed by atoms with Gasteiger partial charge in [0.05, 0.1) is 10.1 Å². The second-order valence-electron chi connectivity index (χ2n) is 12.0. The van der Waals surface area contributed by atoms with Gasteiger partial charge < -0.3 is 13.9 Å². The molecule has 1 aromatic heterocycles. The van der Waals surface area contributed by atoms with Crippen LogP contribution in [-0.2, 0) is 22.0 Å². The molecule has 0 amide bonds. The van der Waals surface area contributed by atoms with Crippen molar-refractivity contribution in [2.24, 2.45) is 0 Å². The van der Waals surface area contributed by atoms with E-state index in [-0.39, 0.29) is 17.3 Å². The van der Waals surface area contributed by atoms with Gasteiger partial charge in [0.25, 0.3) is 5.01 Å². The topological polar surface area (TPSA) is 105 Å². The van der Waals surface area contributed by atoms with E-state index in [1.165, 1.54) is 0 Å². The van der Waals surface area contributed by atoms with Crippen LogP contribution in [0.5, 0.6) is 0 Å². The molecular formula is C35H32N2O5S2. The smallest absolute Gasteiger partial charge is 0.272 e. The molecule has 0 fully saturated rings. The largest absolute Gasteiger partial charge is 0.748 e. The van der Waals surface area contributed by atoms with Crippen LogP contribution in [0.25, 0.3) is 37.7 Å². The fraction of sp³-hybridized carbons (Fsp3) is 0.257. The fourth-order valence-corrected chi connectivity index (χ4v) is 8.09. The molecule has 4 aliphatic rings. The number of rotatable bonds is 6. The molecular weight excluding hydrogens is 593 g/mol. The molecule has 0 saturated heterocycles. The summed E-state index contributed by atoms with van der Waals surface area (Å²) in [5, 5.41) is 0.834. The van der Waals surface area contributed by atoms with Crippen molar-refractivity contribution in [3.8, 4) is 21.9 Å². The van der Waals surface area contributed by atoms with E-state index < -0.39 is 15.9 Å². The Morgan fingerprint density at radius 3 is 2.66 bits per heavy atom. The van der Waals surface area contributed by atoms with E-state index in [1.807, 2.05) is 48.5 Å². The van der Waals surface area contributed by atoms with Crippen molar-refractivity contribution in [2.45, 2.75) is 44.9 Å². The third-order valence-corrected chi connectivity index (χ3v) is 10.6. The number of nitrogens with one attached hydrogen (secondary N) is 1. The Kier molecular flexibility index (Phi) is 7.07. The van der Waals surface area contributed by atoms with Crippen LogP contribution in [-0.4, -0.2) is 25.3 Å². The first kappa shape index (κ1) is 28.7. The minimum atomic E-state index is -4.29. The van der Waals surface area contributed by atoms with Crippen LogP contribution in [0, 0.1) is 0 Å². The highest BCUT2D eigenvalue weighted by Gasteiger charge is 2.39. The van der Waals surface area contributed by atoms with Crippen molar-refractivity contribution in [2.75, 3.05) is 17.2 Å². The van der Waals surface area contributed by atoms with Gasteiger partial charge in [-0.3, -0.25) is 4.79 Å². The zero-order chi connectivity index (χ0) is 30.6. The van der Waals surface area contributed by atoms with Gasteiger partial charge in [0.1, 0.15) is 21.8 Å². The molecule has 0 spiro atoms. The summed E-state index contributed by atoms with van der Waals surface area (Å²) >= 11 is 1.57. The quantitative estimate of drug-likeness (QED) is 0.193. The van der Waals surface area contributed by atoms with Crippen molar-refractivity contribution < 1.29 is 22.4 Å². The molecule has 2 aromatic carbocycles. The summed E-state index contributed by atoms with van der Waals surface area (Å²) < 4.78 is 41.5. The lowest BCUT2D eigenvalue weighted by Crippen LogP contribution is -2.28. The summed E-state index contributed by atoms with van der Waals surface area (Å²) in [4.78, 5) is 18.8. The lowest BCUT2D eigenvalue weighted by Gasteiger charge is -2.27. The molecule has 7 nitrogen and oxygen atoms in total. The van der Waals surface area contributed by atoms with Crippen LogP contribution in [0.1, 0.15) is 50.0 Å². The van der Waals surface area contributed by atoms with E-state index in [1.54, 1.807) is 17.4 Å². The zero-order valence-electron chi connectivity index (χ0n) is 24.6. The first-order valence-electron chi connectivity index (χ1n) is 14.8. The van der Waals surface area contributed by atoms with Gasteiger partial charge in [0.15, 0.2) is 5.43 Å². The second-order valence-corrected chi connectivity index (χ2v) is 14.6. The molecule has 0 atom stereocenters. The number of aromatic amines is 1. The number of hydrogen-bond donors (Lipinski definition) is 0. The molecule has 0 saturated carbocycles. The predicted octanol–water partition coefficient (Wildman–Crippen LogP) is 6.78. The molecule has 0 unspecified atom stereocenters. The number of anilines is 1. The van der Waals surface area contributed by atoms with Crippen LogP contribution in [0.2, 0.25) is 0 Å². The van der Waals surface area contributed by atoms with E-state index >= 15 is 0 Å². The Morgan fingerprint density at radius 1 is 1.05 bits per heavy atom. The summed E-state index contributed by atoms with van der Waals surface area (Å²) in [7, 11) is -4.29. The van der Waals surface area contributed by atoms with Gasteiger partial charge in [-0.25, -0.2) is 8.42 Å². The predicted molar refractivity (Wildman–Crippen MR) is 174 cm³/mol. The zero-order valence-corrected chi connectivity index (χ0v) is 26.2. The maximum atomic E-state index is 13.3. The molecule has 2 aliphatic heterocycles. The molecule has 9 heteroatoms. The fourth-order valence-electron chi connectivity index (χ4n) is 6.58. The number of para-hydroxylation sites is 2. The monoisotopic (exact) mass is 624 g/mol. The lowest BCUT2D eigenvalue weighted by atomic mass is 9.83. The number of nitrogens with zero attached hydrogens (tertiary/aromatic N) is 1. The van der Waals surface area contributed by atoms with Crippen LogP contribution in [0.15, 0.2) is 93.8 Å². The average Bonchev–Trinajstić information content (AvgIpc) is 3.51. The van der Waals surface area contributed by atoms with E-state index in [0.717, 1.165) is 73.9 Å². The molecule has 2 aliphatic carbocycles. The van der Waals surface area contributed by atoms with Crippen LogP contribution in [0.4, 0.5) is 5.69 Å². The van der Waals surface area contributed by atoms with Gasteiger partial charge in [-0.2, -0.15) is 4.98 Å². The van der Waals surface area contributed by atoms with E-state index in [2.05, 4.69) is 48.0 Å². The third-order valence-electron chi connectivity index (χ3n) is 8.74. The van der Waals surface area contributed by atoms with Crippen molar-refractivity contribution >= 4 is 42.9 Å². The highest BCUT2D eigenvalue weighted by Crippen LogP contribution is 2.48. The molecule has 3 aromatic rings. The Hall–Kier alpha value is -4.05. The first-order chi connectivity index (χ1) is 21.1. The van der Waals surface area contributed by atoms with Crippen molar-refractivity contribution in [3.63, 3.8) is 0 Å². The van der Waals surface area contributed by atoms with Gasteiger partial charge in [0.2, 0.25) is 5.52 Å². The third kappa shape index (κ3) is 5.19. The van der Waals surface area contributed by atoms with Gasteiger partial charge in [-0.15, -0.1) is 0 Å². The Morgan fingerprint density at radius 2 is 1.84 bits per heavy atom. The van der Waals surface area contributed by atoms with Gasteiger partial charge in [0, 0.05) is 46.8 Å².